The van der Waals surface area contributed by atoms with Gasteiger partial charge >= 0.3 is 0 Å². The van der Waals surface area contributed by atoms with Crippen molar-refractivity contribution in [3.63, 3.8) is 0 Å². The molecule has 0 amide bonds. The Morgan fingerprint density at radius 2 is 2.17 bits per heavy atom. The van der Waals surface area contributed by atoms with E-state index in [2.05, 4.69) is 20.4 Å². The van der Waals surface area contributed by atoms with Gasteiger partial charge < -0.3 is 4.74 Å². The van der Waals surface area contributed by atoms with E-state index >= 15 is 0 Å². The molecule has 1 unspecified atom stereocenters. The molecule has 2 heteroatoms. The molecule has 0 saturated heterocycles. The monoisotopic (exact) mass is 190 g/mol. The van der Waals surface area contributed by atoms with Crippen LogP contribution in [0.25, 0.3) is 0 Å². The van der Waals surface area contributed by atoms with E-state index in [0.29, 0.717) is 24.3 Å². The molecule has 0 aromatic carbocycles. The Hall–Kier alpha value is -0.0100. The first-order chi connectivity index (χ1) is 5.70. The minimum Gasteiger partial charge on any atom is -0.377 e. The maximum absolute atomic E-state index is 5.78. The third-order valence-electron chi connectivity index (χ3n) is 1.61. The lowest BCUT2D eigenvalue weighted by molar-refractivity contribution is 0.122. The fourth-order valence-corrected chi connectivity index (χ4v) is 1.38. The van der Waals surface area contributed by atoms with Crippen LogP contribution < -0.4 is 0 Å². The highest BCUT2D eigenvalue weighted by Gasteiger charge is 2.09. The van der Waals surface area contributed by atoms with Gasteiger partial charge in [-0.1, -0.05) is 19.9 Å². The maximum atomic E-state index is 5.78. The quantitative estimate of drug-likeness (QED) is 0.341. The van der Waals surface area contributed by atoms with Gasteiger partial charge in [0.2, 0.25) is 0 Å². The molecule has 0 fully saturated rings. The van der Waals surface area contributed by atoms with E-state index in [0.717, 1.165) is 13.0 Å². The van der Waals surface area contributed by atoms with E-state index in [4.69, 9.17) is 16.3 Å². The minimum absolute atomic E-state index is 0.492. The fourth-order valence-electron chi connectivity index (χ4n) is 1.16. The van der Waals surface area contributed by atoms with Crippen molar-refractivity contribution in [3.05, 3.63) is 12.7 Å². The van der Waals surface area contributed by atoms with Crippen molar-refractivity contribution in [3.8, 4) is 0 Å². The van der Waals surface area contributed by atoms with Gasteiger partial charge in [-0.05, 0) is 18.3 Å². The number of halogens is 1. The first-order valence-corrected chi connectivity index (χ1v) is 4.98. The molecule has 12 heavy (non-hydrogen) atoms. The molecule has 1 atom stereocenters. The summed E-state index contributed by atoms with van der Waals surface area (Å²) in [6.45, 7) is 9.38. The third-order valence-corrected chi connectivity index (χ3v) is 2.05. The molecule has 0 aliphatic rings. The predicted molar refractivity (Wildman–Crippen MR) is 54.7 cm³/mol. The summed E-state index contributed by atoms with van der Waals surface area (Å²) < 4.78 is 5.33. The number of rotatable bonds is 7. The van der Waals surface area contributed by atoms with Crippen LogP contribution in [0.5, 0.6) is 0 Å². The Balaban J connectivity index is 3.45. The number of alkyl halides is 1. The Kier molecular flexibility index (Phi) is 7.62. The second-order valence-electron chi connectivity index (χ2n) is 3.48. The predicted octanol–water partition coefficient (Wildman–Crippen LogP) is 3.09. The van der Waals surface area contributed by atoms with Gasteiger partial charge in [-0.3, -0.25) is 0 Å². The molecule has 0 aliphatic heterocycles. The molecule has 0 rings (SSSR count). The van der Waals surface area contributed by atoms with Crippen LogP contribution >= 0.6 is 11.6 Å². The first kappa shape index (κ1) is 12.0. The van der Waals surface area contributed by atoms with Gasteiger partial charge in [0.05, 0.1) is 13.2 Å². The summed E-state index contributed by atoms with van der Waals surface area (Å²) in [7, 11) is 0. The van der Waals surface area contributed by atoms with Crippen LogP contribution in [0.1, 0.15) is 20.3 Å². The maximum Gasteiger partial charge on any atom is 0.0644 e. The zero-order chi connectivity index (χ0) is 9.40. The van der Waals surface area contributed by atoms with Gasteiger partial charge in [0.15, 0.2) is 0 Å². The van der Waals surface area contributed by atoms with Gasteiger partial charge in [-0.25, -0.2) is 0 Å². The standard InChI is InChI=1S/C10H19ClO/c1-4-5-12-8-10(7-11)6-9(2)3/h4,9-10H,1,5-8H2,2-3H3. The average molecular weight is 191 g/mol. The van der Waals surface area contributed by atoms with E-state index in [1.54, 1.807) is 6.08 Å². The summed E-state index contributed by atoms with van der Waals surface area (Å²) >= 11 is 5.78. The zero-order valence-electron chi connectivity index (χ0n) is 8.05. The molecule has 0 spiro atoms. The summed E-state index contributed by atoms with van der Waals surface area (Å²) in [6.07, 6.45) is 2.90. The van der Waals surface area contributed by atoms with Crippen molar-refractivity contribution >= 4 is 11.6 Å². The van der Waals surface area contributed by atoms with Crippen LogP contribution in [0.15, 0.2) is 12.7 Å². The van der Waals surface area contributed by atoms with Gasteiger partial charge in [0, 0.05) is 5.88 Å². The van der Waals surface area contributed by atoms with Crippen LogP contribution in [0.2, 0.25) is 0 Å². The van der Waals surface area contributed by atoms with Crippen LogP contribution in [-0.4, -0.2) is 19.1 Å². The van der Waals surface area contributed by atoms with E-state index in [9.17, 15) is 0 Å². The van der Waals surface area contributed by atoms with E-state index < -0.39 is 0 Å². The minimum atomic E-state index is 0.492. The van der Waals surface area contributed by atoms with Crippen molar-refractivity contribution in [1.29, 1.82) is 0 Å². The largest absolute Gasteiger partial charge is 0.377 e. The second-order valence-corrected chi connectivity index (χ2v) is 3.78. The van der Waals surface area contributed by atoms with Crippen molar-refractivity contribution in [2.75, 3.05) is 19.1 Å². The van der Waals surface area contributed by atoms with Crippen LogP contribution in [0.3, 0.4) is 0 Å². The number of ether oxygens (including phenoxy) is 1. The van der Waals surface area contributed by atoms with Crippen molar-refractivity contribution in [2.24, 2.45) is 11.8 Å². The molecule has 0 aliphatic carbocycles. The highest BCUT2D eigenvalue weighted by atomic mass is 35.5. The summed E-state index contributed by atoms with van der Waals surface area (Å²) in [4.78, 5) is 0. The number of hydrogen-bond acceptors (Lipinski definition) is 1. The Morgan fingerprint density at radius 3 is 2.58 bits per heavy atom. The topological polar surface area (TPSA) is 9.23 Å². The van der Waals surface area contributed by atoms with Gasteiger partial charge in [-0.2, -0.15) is 0 Å². The fraction of sp³-hybridized carbons (Fsp3) is 0.800. The second kappa shape index (κ2) is 7.63. The lowest BCUT2D eigenvalue weighted by atomic mass is 10.00. The summed E-state index contributed by atoms with van der Waals surface area (Å²) in [6, 6.07) is 0. The molecular weight excluding hydrogens is 172 g/mol. The smallest absolute Gasteiger partial charge is 0.0644 e. The average Bonchev–Trinajstić information content (AvgIpc) is 2.02. The normalized spacial score (nSPS) is 13.3. The summed E-state index contributed by atoms with van der Waals surface area (Å²) in [5, 5.41) is 0. The molecule has 0 N–H and O–H groups in total. The van der Waals surface area contributed by atoms with Gasteiger partial charge in [0.1, 0.15) is 0 Å². The SMILES string of the molecule is C=CCOCC(CCl)CC(C)C. The third kappa shape index (κ3) is 6.68. The van der Waals surface area contributed by atoms with E-state index in [-0.39, 0.29) is 0 Å². The number of hydrogen-bond donors (Lipinski definition) is 0. The van der Waals surface area contributed by atoms with E-state index in [1.165, 1.54) is 0 Å². The molecule has 0 radical (unpaired) electrons. The summed E-state index contributed by atoms with van der Waals surface area (Å²) in [5.41, 5.74) is 0. The van der Waals surface area contributed by atoms with Crippen LogP contribution in [0.4, 0.5) is 0 Å². The van der Waals surface area contributed by atoms with Crippen molar-refractivity contribution < 1.29 is 4.74 Å². The molecule has 0 aromatic rings. The molecule has 0 bridgehead atoms. The van der Waals surface area contributed by atoms with Gasteiger partial charge in [-0.15, -0.1) is 18.2 Å². The zero-order valence-corrected chi connectivity index (χ0v) is 8.81. The molecule has 1 nitrogen and oxygen atoms in total. The van der Waals surface area contributed by atoms with Crippen LogP contribution in [0, 0.1) is 11.8 Å². The molecule has 72 valence electrons. The molecule has 0 saturated carbocycles. The molecule has 0 aromatic heterocycles. The molecular formula is C10H19ClO. The highest BCUT2D eigenvalue weighted by molar-refractivity contribution is 6.18. The van der Waals surface area contributed by atoms with Crippen molar-refractivity contribution in [2.45, 2.75) is 20.3 Å². The Morgan fingerprint density at radius 1 is 1.50 bits per heavy atom. The lowest BCUT2D eigenvalue weighted by Crippen LogP contribution is -2.13. The van der Waals surface area contributed by atoms with E-state index in [1.807, 2.05) is 0 Å². The summed E-state index contributed by atoms with van der Waals surface area (Å²) in [5.74, 6) is 1.88. The van der Waals surface area contributed by atoms with Gasteiger partial charge in [0.25, 0.3) is 0 Å². The van der Waals surface area contributed by atoms with Crippen LogP contribution in [-0.2, 0) is 4.74 Å². The Bertz CT molecular complexity index is 112. The Labute approximate surface area is 80.8 Å². The lowest BCUT2D eigenvalue weighted by Gasteiger charge is -2.15. The first-order valence-electron chi connectivity index (χ1n) is 4.45. The molecule has 0 heterocycles. The van der Waals surface area contributed by atoms with Crippen molar-refractivity contribution in [1.82, 2.24) is 0 Å². The highest BCUT2D eigenvalue weighted by Crippen LogP contribution is 2.13.